The molecule has 0 aromatic heterocycles. The fourth-order valence-corrected chi connectivity index (χ4v) is 2.74. The maximum Gasteiger partial charge on any atom is 0.344 e. The number of rotatable bonds is 6. The average molecular weight is 342 g/mol. The first kappa shape index (κ1) is 16.6. The van der Waals surface area contributed by atoms with Crippen molar-refractivity contribution in [3.05, 3.63) is 53.1 Å². The second-order valence-corrected chi connectivity index (χ2v) is 5.44. The third-order valence-electron chi connectivity index (χ3n) is 3.89. The minimum Gasteiger partial charge on any atom is -0.550 e. The van der Waals surface area contributed by atoms with Crippen molar-refractivity contribution >= 4 is 17.6 Å². The van der Waals surface area contributed by atoms with E-state index in [0.717, 1.165) is 0 Å². The van der Waals surface area contributed by atoms with E-state index in [1.807, 2.05) is 0 Å². The Morgan fingerprint density at radius 1 is 1.16 bits per heavy atom. The Morgan fingerprint density at radius 2 is 1.88 bits per heavy atom. The number of benzene rings is 2. The van der Waals surface area contributed by atoms with Crippen LogP contribution in [0.2, 0.25) is 0 Å². The van der Waals surface area contributed by atoms with Crippen LogP contribution < -0.4 is 19.9 Å². The molecule has 0 aliphatic carbocycles. The zero-order chi connectivity index (χ0) is 18.0. The SMILES string of the molecule is COc1ccc2c(c1OC)C(=O)O[C@H]2Nc1ccc(CC(=O)[O-])cc1. The van der Waals surface area contributed by atoms with Gasteiger partial charge in [0, 0.05) is 23.6 Å². The van der Waals surface area contributed by atoms with Gasteiger partial charge in [-0.15, -0.1) is 0 Å². The number of anilines is 1. The first-order chi connectivity index (χ1) is 12.0. The van der Waals surface area contributed by atoms with Gasteiger partial charge in [-0.3, -0.25) is 0 Å². The van der Waals surface area contributed by atoms with Gasteiger partial charge in [0.2, 0.25) is 6.23 Å². The van der Waals surface area contributed by atoms with E-state index in [2.05, 4.69) is 5.32 Å². The molecular formula is C18H16NO6-. The van der Waals surface area contributed by atoms with Gasteiger partial charge >= 0.3 is 5.97 Å². The second kappa shape index (κ2) is 6.72. The number of esters is 1. The fourth-order valence-electron chi connectivity index (χ4n) is 2.74. The third kappa shape index (κ3) is 3.21. The Balaban J connectivity index is 1.85. The summed E-state index contributed by atoms with van der Waals surface area (Å²) in [6, 6.07) is 10.2. The van der Waals surface area contributed by atoms with E-state index >= 15 is 0 Å². The van der Waals surface area contributed by atoms with Crippen molar-refractivity contribution in [3.63, 3.8) is 0 Å². The Hall–Kier alpha value is -3.22. The van der Waals surface area contributed by atoms with Gasteiger partial charge in [0.25, 0.3) is 0 Å². The summed E-state index contributed by atoms with van der Waals surface area (Å²) < 4.78 is 15.9. The highest BCUT2D eigenvalue weighted by atomic mass is 16.6. The number of carbonyl (C=O) groups is 2. The number of nitrogens with one attached hydrogen (secondary N) is 1. The molecule has 1 aliphatic rings. The van der Waals surface area contributed by atoms with Crippen molar-refractivity contribution in [2.75, 3.05) is 19.5 Å². The molecule has 2 aromatic carbocycles. The maximum absolute atomic E-state index is 12.2. The molecule has 0 fully saturated rings. The van der Waals surface area contributed by atoms with E-state index in [1.165, 1.54) is 14.2 Å². The summed E-state index contributed by atoms with van der Waals surface area (Å²) in [5.74, 6) is -0.860. The number of carbonyl (C=O) groups excluding carboxylic acids is 2. The van der Waals surface area contributed by atoms with Crippen LogP contribution in [-0.4, -0.2) is 26.2 Å². The Bertz CT molecular complexity index is 815. The quantitative estimate of drug-likeness (QED) is 0.790. The van der Waals surface area contributed by atoms with Crippen molar-refractivity contribution < 1.29 is 28.9 Å². The number of methoxy groups -OCH3 is 2. The summed E-state index contributed by atoms with van der Waals surface area (Å²) >= 11 is 0. The highest BCUT2D eigenvalue weighted by Gasteiger charge is 2.35. The number of ether oxygens (including phenoxy) is 3. The van der Waals surface area contributed by atoms with E-state index in [0.29, 0.717) is 33.9 Å². The summed E-state index contributed by atoms with van der Waals surface area (Å²) in [6.45, 7) is 0. The molecule has 0 saturated heterocycles. The first-order valence-electron chi connectivity index (χ1n) is 7.54. The molecule has 1 atom stereocenters. The van der Waals surface area contributed by atoms with E-state index in [9.17, 15) is 14.7 Å². The van der Waals surface area contributed by atoms with E-state index < -0.39 is 18.2 Å². The third-order valence-corrected chi connectivity index (χ3v) is 3.89. The molecule has 1 N–H and O–H groups in total. The molecule has 3 rings (SSSR count). The number of fused-ring (bicyclic) bond motifs is 1. The largest absolute Gasteiger partial charge is 0.550 e. The van der Waals surface area contributed by atoms with Crippen molar-refractivity contribution in [3.8, 4) is 11.5 Å². The van der Waals surface area contributed by atoms with Gasteiger partial charge in [0.05, 0.1) is 14.2 Å². The molecule has 25 heavy (non-hydrogen) atoms. The predicted octanol–water partition coefficient (Wildman–Crippen LogP) is 1.28. The lowest BCUT2D eigenvalue weighted by atomic mass is 10.1. The van der Waals surface area contributed by atoms with Crippen LogP contribution in [0.25, 0.3) is 0 Å². The minimum atomic E-state index is -1.14. The number of carboxylic acid groups (broad SMARTS) is 1. The maximum atomic E-state index is 12.2. The van der Waals surface area contributed by atoms with Crippen LogP contribution in [-0.2, 0) is 16.0 Å². The van der Waals surface area contributed by atoms with Gasteiger partial charge in [-0.25, -0.2) is 4.79 Å². The van der Waals surface area contributed by atoms with Crippen LogP contribution in [0.4, 0.5) is 5.69 Å². The summed E-state index contributed by atoms with van der Waals surface area (Å²) in [5, 5.41) is 13.7. The van der Waals surface area contributed by atoms with Crippen LogP contribution >= 0.6 is 0 Å². The van der Waals surface area contributed by atoms with Gasteiger partial charge in [-0.1, -0.05) is 12.1 Å². The normalized spacial score (nSPS) is 15.3. The van der Waals surface area contributed by atoms with Gasteiger partial charge < -0.3 is 29.4 Å². The topological polar surface area (TPSA) is 96.9 Å². The smallest absolute Gasteiger partial charge is 0.344 e. The molecule has 130 valence electrons. The molecule has 0 saturated carbocycles. The van der Waals surface area contributed by atoms with Crippen LogP contribution in [0.5, 0.6) is 11.5 Å². The zero-order valence-corrected chi connectivity index (χ0v) is 13.7. The average Bonchev–Trinajstić information content (AvgIpc) is 2.91. The highest BCUT2D eigenvalue weighted by molar-refractivity contribution is 5.98. The number of cyclic esters (lactones) is 1. The minimum absolute atomic E-state index is 0.154. The van der Waals surface area contributed by atoms with Crippen LogP contribution in [0.15, 0.2) is 36.4 Å². The molecule has 2 aromatic rings. The summed E-state index contributed by atoms with van der Waals surface area (Å²) in [6.07, 6.45) is -0.826. The lowest BCUT2D eigenvalue weighted by Crippen LogP contribution is -2.24. The summed E-state index contributed by atoms with van der Waals surface area (Å²) in [4.78, 5) is 22.8. The van der Waals surface area contributed by atoms with E-state index in [1.54, 1.807) is 36.4 Å². The molecule has 1 aliphatic heterocycles. The standard InChI is InChI=1S/C18H17NO6/c1-23-13-8-7-12-15(16(13)24-2)18(22)25-17(12)19-11-5-3-10(4-6-11)9-14(20)21/h3-8,17,19H,9H2,1-2H3,(H,20,21)/p-1/t17-/m1/s1. The molecule has 7 nitrogen and oxygen atoms in total. The van der Waals surface area contributed by atoms with Crippen molar-refractivity contribution in [2.24, 2.45) is 0 Å². The number of aliphatic carboxylic acids is 1. The molecule has 0 radical (unpaired) electrons. The van der Waals surface area contributed by atoms with Crippen LogP contribution in [0.3, 0.4) is 0 Å². The van der Waals surface area contributed by atoms with E-state index in [-0.39, 0.29) is 6.42 Å². The van der Waals surface area contributed by atoms with Crippen molar-refractivity contribution in [1.82, 2.24) is 0 Å². The number of hydrogen-bond donors (Lipinski definition) is 1. The first-order valence-corrected chi connectivity index (χ1v) is 7.54. The van der Waals surface area contributed by atoms with Crippen molar-refractivity contribution in [2.45, 2.75) is 12.6 Å². The van der Waals surface area contributed by atoms with Gasteiger partial charge in [0.1, 0.15) is 5.56 Å². The van der Waals surface area contributed by atoms with E-state index in [4.69, 9.17) is 14.2 Å². The lowest BCUT2D eigenvalue weighted by molar-refractivity contribution is -0.304. The molecule has 0 amide bonds. The van der Waals surface area contributed by atoms with Gasteiger partial charge in [-0.05, 0) is 29.8 Å². The van der Waals surface area contributed by atoms with Crippen LogP contribution in [0.1, 0.15) is 27.7 Å². The fraction of sp³-hybridized carbons (Fsp3) is 0.222. The predicted molar refractivity (Wildman–Crippen MR) is 86.5 cm³/mol. The van der Waals surface area contributed by atoms with Gasteiger partial charge in [0.15, 0.2) is 11.5 Å². The highest BCUT2D eigenvalue weighted by Crippen LogP contribution is 2.41. The molecule has 1 heterocycles. The Kier molecular flexibility index (Phi) is 4.47. The molecule has 7 heteroatoms. The molecular weight excluding hydrogens is 326 g/mol. The molecule has 0 unspecified atom stereocenters. The molecule has 0 bridgehead atoms. The van der Waals surface area contributed by atoms with Crippen molar-refractivity contribution in [1.29, 1.82) is 0 Å². The number of carboxylic acids is 1. The Labute approximate surface area is 144 Å². The monoisotopic (exact) mass is 342 g/mol. The van der Waals surface area contributed by atoms with Gasteiger partial charge in [-0.2, -0.15) is 0 Å². The zero-order valence-electron chi connectivity index (χ0n) is 13.7. The summed E-state index contributed by atoms with van der Waals surface area (Å²) in [7, 11) is 2.96. The number of hydrogen-bond acceptors (Lipinski definition) is 7. The lowest BCUT2D eigenvalue weighted by Gasteiger charge is -2.15. The molecule has 0 spiro atoms. The second-order valence-electron chi connectivity index (χ2n) is 5.44. The van der Waals surface area contributed by atoms with Crippen LogP contribution in [0, 0.1) is 0 Å². The Morgan fingerprint density at radius 3 is 2.48 bits per heavy atom. The summed E-state index contributed by atoms with van der Waals surface area (Å²) in [5.41, 5.74) is 2.28.